The van der Waals surface area contributed by atoms with Gasteiger partial charge in [-0.1, -0.05) is 45.7 Å². The number of amides is 1. The predicted molar refractivity (Wildman–Crippen MR) is 133 cm³/mol. The lowest BCUT2D eigenvalue weighted by atomic mass is 10.1. The van der Waals surface area contributed by atoms with Gasteiger partial charge in [-0.2, -0.15) is 0 Å². The van der Waals surface area contributed by atoms with E-state index in [0.29, 0.717) is 22.1 Å². The summed E-state index contributed by atoms with van der Waals surface area (Å²) in [5, 5.41) is 0.645. The van der Waals surface area contributed by atoms with Crippen LogP contribution in [0.25, 0.3) is 11.8 Å². The molecule has 3 aromatic carbocycles. The summed E-state index contributed by atoms with van der Waals surface area (Å²) in [4.78, 5) is 15.3. The van der Waals surface area contributed by atoms with E-state index in [0.717, 1.165) is 32.5 Å². The predicted octanol–water partition coefficient (Wildman–Crippen LogP) is 6.90. The molecule has 0 N–H and O–H groups in total. The lowest BCUT2D eigenvalue weighted by molar-refractivity contribution is -0.113. The molecule has 0 spiro atoms. The molecule has 0 bridgehead atoms. The first-order valence-electron chi connectivity index (χ1n) is 9.93. The number of nitrogens with zero attached hydrogens (tertiary/aromatic N) is 1. The minimum absolute atomic E-state index is 0.102. The summed E-state index contributed by atoms with van der Waals surface area (Å²) in [5.41, 5.74) is 4.93. The molecule has 6 heteroatoms. The maximum atomic E-state index is 13.6. The van der Waals surface area contributed by atoms with Crippen molar-refractivity contribution in [1.82, 2.24) is 0 Å². The van der Waals surface area contributed by atoms with Crippen molar-refractivity contribution in [3.63, 3.8) is 0 Å². The van der Waals surface area contributed by atoms with Crippen LogP contribution in [0.2, 0.25) is 5.02 Å². The zero-order valence-corrected chi connectivity index (χ0v) is 20.2. The van der Waals surface area contributed by atoms with Gasteiger partial charge in [0.15, 0.2) is 11.5 Å². The van der Waals surface area contributed by atoms with E-state index in [-0.39, 0.29) is 5.91 Å². The molecule has 0 atom stereocenters. The lowest BCUT2D eigenvalue weighted by Gasteiger charge is -2.23. The number of carbonyl (C=O) groups excluding carboxylic acids is 1. The molecule has 1 heterocycles. The van der Waals surface area contributed by atoms with E-state index in [2.05, 4.69) is 15.9 Å². The van der Waals surface area contributed by atoms with Gasteiger partial charge >= 0.3 is 0 Å². The van der Waals surface area contributed by atoms with Gasteiger partial charge in [-0.05, 0) is 78.2 Å². The van der Waals surface area contributed by atoms with E-state index >= 15 is 0 Å². The third-order valence-corrected chi connectivity index (χ3v) is 6.00. The molecule has 3 aromatic rings. The Morgan fingerprint density at radius 1 is 0.938 bits per heavy atom. The van der Waals surface area contributed by atoms with Crippen LogP contribution in [0.5, 0.6) is 11.5 Å². The van der Waals surface area contributed by atoms with E-state index in [9.17, 15) is 4.79 Å². The number of anilines is 1. The van der Waals surface area contributed by atoms with Crippen molar-refractivity contribution in [3.05, 3.63) is 98.5 Å². The SMILES string of the molecule is COc1ccc(/C=C2\C=C(c3ccc(Cl)cc3)N(c3ccc(Br)cc3C)C2=O)cc1OC. The average Bonchev–Trinajstić information content (AvgIpc) is 3.10. The second kappa shape index (κ2) is 9.23. The summed E-state index contributed by atoms with van der Waals surface area (Å²) >= 11 is 9.60. The van der Waals surface area contributed by atoms with E-state index < -0.39 is 0 Å². The minimum atomic E-state index is -0.102. The molecule has 32 heavy (non-hydrogen) atoms. The van der Waals surface area contributed by atoms with Crippen LogP contribution in [-0.4, -0.2) is 20.1 Å². The number of carbonyl (C=O) groups is 1. The maximum Gasteiger partial charge on any atom is 0.262 e. The Balaban J connectivity index is 1.83. The summed E-state index contributed by atoms with van der Waals surface area (Å²) < 4.78 is 11.7. The molecule has 1 aliphatic heterocycles. The van der Waals surface area contributed by atoms with Crippen LogP contribution in [-0.2, 0) is 4.79 Å². The number of methoxy groups -OCH3 is 2. The monoisotopic (exact) mass is 509 g/mol. The molecule has 0 radical (unpaired) electrons. The zero-order valence-electron chi connectivity index (χ0n) is 17.9. The normalized spacial score (nSPS) is 14.7. The molecule has 0 aromatic heterocycles. The van der Waals surface area contributed by atoms with Gasteiger partial charge in [-0.3, -0.25) is 9.69 Å². The molecule has 1 aliphatic rings. The van der Waals surface area contributed by atoms with E-state index in [4.69, 9.17) is 21.1 Å². The quantitative estimate of drug-likeness (QED) is 0.351. The van der Waals surface area contributed by atoms with E-state index in [1.54, 1.807) is 19.1 Å². The van der Waals surface area contributed by atoms with Gasteiger partial charge in [0.05, 0.1) is 25.6 Å². The first kappa shape index (κ1) is 22.2. The van der Waals surface area contributed by atoms with Crippen LogP contribution in [0.1, 0.15) is 16.7 Å². The number of aryl methyl sites for hydroxylation is 1. The molecule has 0 fully saturated rings. The fraction of sp³-hybridized carbons (Fsp3) is 0.115. The second-order valence-corrected chi connectivity index (χ2v) is 8.67. The van der Waals surface area contributed by atoms with Gasteiger partial charge < -0.3 is 9.47 Å². The Bertz CT molecular complexity index is 1250. The van der Waals surface area contributed by atoms with Gasteiger partial charge in [0.25, 0.3) is 5.91 Å². The third kappa shape index (κ3) is 4.31. The minimum Gasteiger partial charge on any atom is -0.493 e. The highest BCUT2D eigenvalue weighted by atomic mass is 79.9. The van der Waals surface area contributed by atoms with E-state index in [1.165, 1.54) is 0 Å². The number of benzene rings is 3. The molecular weight excluding hydrogens is 490 g/mol. The van der Waals surface area contributed by atoms with E-state index in [1.807, 2.05) is 79.7 Å². The van der Waals surface area contributed by atoms with Gasteiger partial charge in [0.2, 0.25) is 0 Å². The summed E-state index contributed by atoms with van der Waals surface area (Å²) in [6, 6.07) is 18.9. The van der Waals surface area contributed by atoms with Crippen molar-refractivity contribution in [1.29, 1.82) is 0 Å². The number of hydrogen-bond donors (Lipinski definition) is 0. The molecule has 0 saturated heterocycles. The summed E-state index contributed by atoms with van der Waals surface area (Å²) in [7, 11) is 3.18. The highest BCUT2D eigenvalue weighted by molar-refractivity contribution is 9.10. The van der Waals surface area contributed by atoms with Crippen LogP contribution in [0.4, 0.5) is 5.69 Å². The molecule has 162 valence electrons. The molecule has 0 aliphatic carbocycles. The van der Waals surface area contributed by atoms with Gasteiger partial charge in [0, 0.05) is 15.1 Å². The Morgan fingerprint density at radius 3 is 2.31 bits per heavy atom. The molecule has 0 saturated carbocycles. The molecule has 1 amide bonds. The Kier molecular flexibility index (Phi) is 6.40. The van der Waals surface area contributed by atoms with Crippen LogP contribution in [0, 0.1) is 6.92 Å². The molecular formula is C26H21BrClNO3. The van der Waals surface area contributed by atoms with Crippen molar-refractivity contribution < 1.29 is 14.3 Å². The highest BCUT2D eigenvalue weighted by Crippen LogP contribution is 2.38. The van der Waals surface area contributed by atoms with Crippen molar-refractivity contribution in [2.75, 3.05) is 19.1 Å². The van der Waals surface area contributed by atoms with Crippen molar-refractivity contribution in [2.45, 2.75) is 6.92 Å². The van der Waals surface area contributed by atoms with Crippen LogP contribution >= 0.6 is 27.5 Å². The zero-order chi connectivity index (χ0) is 22.8. The standard InChI is InChI=1S/C26H21BrClNO3/c1-16-12-20(27)7-10-22(16)29-23(18-5-8-21(28)9-6-18)15-19(26(29)30)13-17-4-11-24(31-2)25(14-17)32-3/h4-15H,1-3H3/b19-13+. The number of ether oxygens (including phenoxy) is 2. The smallest absolute Gasteiger partial charge is 0.262 e. The number of halogens is 2. The third-order valence-electron chi connectivity index (χ3n) is 5.25. The fourth-order valence-corrected chi connectivity index (χ4v) is 4.28. The number of hydrogen-bond acceptors (Lipinski definition) is 3. The van der Waals surface area contributed by atoms with Gasteiger partial charge in [0.1, 0.15) is 0 Å². The van der Waals surface area contributed by atoms with Crippen LogP contribution in [0.15, 0.2) is 76.8 Å². The van der Waals surface area contributed by atoms with Gasteiger partial charge in [-0.25, -0.2) is 0 Å². The first-order valence-corrected chi connectivity index (χ1v) is 11.1. The molecule has 4 rings (SSSR count). The maximum absolute atomic E-state index is 13.6. The first-order chi connectivity index (χ1) is 15.4. The van der Waals surface area contributed by atoms with Crippen molar-refractivity contribution in [3.8, 4) is 11.5 Å². The fourth-order valence-electron chi connectivity index (χ4n) is 3.68. The Morgan fingerprint density at radius 2 is 1.66 bits per heavy atom. The van der Waals surface area contributed by atoms with Crippen LogP contribution < -0.4 is 14.4 Å². The summed E-state index contributed by atoms with van der Waals surface area (Å²) in [6.45, 7) is 1.99. The van der Waals surface area contributed by atoms with Gasteiger partial charge in [-0.15, -0.1) is 0 Å². The number of rotatable bonds is 5. The van der Waals surface area contributed by atoms with Crippen molar-refractivity contribution >= 4 is 50.9 Å². The average molecular weight is 511 g/mol. The molecule has 4 nitrogen and oxygen atoms in total. The van der Waals surface area contributed by atoms with Crippen molar-refractivity contribution in [2.24, 2.45) is 0 Å². The Hall–Kier alpha value is -3.02. The summed E-state index contributed by atoms with van der Waals surface area (Å²) in [6.07, 6.45) is 3.76. The topological polar surface area (TPSA) is 38.8 Å². The van der Waals surface area contributed by atoms with Crippen LogP contribution in [0.3, 0.4) is 0 Å². The highest BCUT2D eigenvalue weighted by Gasteiger charge is 2.31. The lowest BCUT2D eigenvalue weighted by Crippen LogP contribution is -2.25. The molecule has 0 unspecified atom stereocenters. The second-order valence-electron chi connectivity index (χ2n) is 7.32. The summed E-state index contributed by atoms with van der Waals surface area (Å²) in [5.74, 6) is 1.14. The largest absolute Gasteiger partial charge is 0.493 e. The Labute approximate surface area is 200 Å².